The molecule has 1 aliphatic carbocycles. The number of amides is 1. The first-order chi connectivity index (χ1) is 18.2. The summed E-state index contributed by atoms with van der Waals surface area (Å²) < 4.78 is 71.4. The van der Waals surface area contributed by atoms with Crippen LogP contribution in [-0.2, 0) is 9.53 Å². The molecule has 10 nitrogen and oxygen atoms in total. The van der Waals surface area contributed by atoms with Crippen molar-refractivity contribution in [1.29, 1.82) is 0 Å². The molecule has 0 aliphatic heterocycles. The van der Waals surface area contributed by atoms with Crippen molar-refractivity contribution < 1.29 is 41.0 Å². The zero-order chi connectivity index (χ0) is 27.4. The normalized spacial score (nSPS) is 17.1. The highest BCUT2D eigenvalue weighted by Gasteiger charge is 2.29. The first-order valence-corrected chi connectivity index (χ1v) is 11.6. The molecule has 3 aromatic rings. The van der Waals surface area contributed by atoms with Crippen LogP contribution in [0.1, 0.15) is 43.3 Å². The maximum atomic E-state index is 15.2. The summed E-state index contributed by atoms with van der Waals surface area (Å²) in [5, 5.41) is 11.4. The average molecular weight is 537 g/mol. The van der Waals surface area contributed by atoms with E-state index in [0.29, 0.717) is 44.4 Å². The van der Waals surface area contributed by atoms with Crippen molar-refractivity contribution >= 4 is 35.0 Å². The van der Waals surface area contributed by atoms with E-state index in [1.165, 1.54) is 12.1 Å². The van der Waals surface area contributed by atoms with Gasteiger partial charge >= 0.3 is 23.8 Å². The van der Waals surface area contributed by atoms with Gasteiger partial charge in [-0.25, -0.2) is 17.6 Å². The van der Waals surface area contributed by atoms with Gasteiger partial charge < -0.3 is 30.3 Å². The van der Waals surface area contributed by atoms with Crippen molar-refractivity contribution in [3.63, 3.8) is 0 Å². The number of carbonyl (C=O) groups excluding carboxylic acids is 2. The molecule has 0 bridgehead atoms. The van der Waals surface area contributed by atoms with Crippen molar-refractivity contribution in [3.8, 4) is 5.75 Å². The van der Waals surface area contributed by atoms with Crippen LogP contribution in [0.25, 0.3) is 0 Å². The number of benzene rings is 2. The summed E-state index contributed by atoms with van der Waals surface area (Å²) in [5.41, 5.74) is 4.80. The van der Waals surface area contributed by atoms with Crippen LogP contribution in [0.4, 0.5) is 40.6 Å². The lowest BCUT2D eigenvalue weighted by molar-refractivity contribution is -0.149. The number of aromatic nitrogens is 2. The van der Waals surface area contributed by atoms with E-state index in [9.17, 15) is 22.8 Å². The molecular formula is C24H23F4N5O5. The van der Waals surface area contributed by atoms with Crippen LogP contribution >= 0.6 is 0 Å². The second kappa shape index (κ2) is 11.4. The van der Waals surface area contributed by atoms with Gasteiger partial charge in [0.25, 0.3) is 0 Å². The number of ether oxygens (including phenoxy) is 2. The van der Waals surface area contributed by atoms with Gasteiger partial charge in [-0.3, -0.25) is 9.59 Å². The fourth-order valence-electron chi connectivity index (χ4n) is 3.91. The van der Waals surface area contributed by atoms with Crippen molar-refractivity contribution in [2.24, 2.45) is 5.92 Å². The van der Waals surface area contributed by atoms with E-state index in [1.807, 2.05) is 0 Å². The van der Waals surface area contributed by atoms with Crippen LogP contribution < -0.4 is 21.1 Å². The van der Waals surface area contributed by atoms with E-state index in [2.05, 4.69) is 20.8 Å². The van der Waals surface area contributed by atoms with Gasteiger partial charge in [0.2, 0.25) is 0 Å². The van der Waals surface area contributed by atoms with Crippen LogP contribution in [-0.4, -0.2) is 34.8 Å². The molecule has 0 unspecified atom stereocenters. The lowest BCUT2D eigenvalue weighted by atomic mass is 9.87. The van der Waals surface area contributed by atoms with Crippen molar-refractivity contribution in [2.75, 3.05) is 23.0 Å². The maximum absolute atomic E-state index is 15.2. The maximum Gasteiger partial charge on any atom is 0.320 e. The molecule has 0 saturated heterocycles. The highest BCUT2D eigenvalue weighted by atomic mass is 19.2. The first kappa shape index (κ1) is 26.7. The van der Waals surface area contributed by atoms with Gasteiger partial charge in [0, 0.05) is 12.1 Å². The minimum absolute atomic E-state index is 0.115. The summed E-state index contributed by atoms with van der Waals surface area (Å²) in [7, 11) is 0. The van der Waals surface area contributed by atoms with E-state index in [4.69, 9.17) is 19.6 Å². The fraction of sp³-hybridized carbons (Fsp3) is 0.333. The molecule has 38 heavy (non-hydrogen) atoms. The quantitative estimate of drug-likeness (QED) is 0.161. The van der Waals surface area contributed by atoms with Crippen LogP contribution in [0.2, 0.25) is 0 Å². The molecule has 1 saturated carbocycles. The van der Waals surface area contributed by atoms with Gasteiger partial charge in [0.15, 0.2) is 23.2 Å². The Morgan fingerprint density at radius 2 is 1.76 bits per heavy atom. The van der Waals surface area contributed by atoms with E-state index in [1.54, 1.807) is 6.92 Å². The number of hydrogen-bond donors (Lipinski definition) is 3. The SMILES string of the molecule is CCOC(=O)[C@H]1CC[C@H](Oc2ccc(N)c(NC(=O)c3nnc(Nc4cc(F)c(F)cc4F)o3)c2F)CC1. The Morgan fingerprint density at radius 3 is 2.47 bits per heavy atom. The predicted molar refractivity (Wildman–Crippen MR) is 126 cm³/mol. The Morgan fingerprint density at radius 1 is 1.05 bits per heavy atom. The molecule has 4 rings (SSSR count). The third kappa shape index (κ3) is 5.95. The minimum atomic E-state index is -1.39. The number of nitrogens with zero attached hydrogens (tertiary/aromatic N) is 2. The number of hydrogen-bond acceptors (Lipinski definition) is 9. The molecule has 0 radical (unpaired) electrons. The van der Waals surface area contributed by atoms with E-state index in [-0.39, 0.29) is 29.4 Å². The number of nitrogens with one attached hydrogen (secondary N) is 2. The van der Waals surface area contributed by atoms with E-state index in [0.717, 1.165) is 0 Å². The molecule has 1 aliphatic rings. The van der Waals surface area contributed by atoms with Gasteiger partial charge in [-0.15, -0.1) is 5.10 Å². The van der Waals surface area contributed by atoms with E-state index < -0.39 is 52.5 Å². The zero-order valence-electron chi connectivity index (χ0n) is 20.0. The predicted octanol–water partition coefficient (Wildman–Crippen LogP) is 4.70. The summed E-state index contributed by atoms with van der Waals surface area (Å²) in [6, 6.07) is 2.99. The molecule has 1 aromatic heterocycles. The zero-order valence-corrected chi connectivity index (χ0v) is 20.0. The molecule has 4 N–H and O–H groups in total. The number of halogens is 4. The summed E-state index contributed by atoms with van der Waals surface area (Å²) in [4.78, 5) is 24.5. The van der Waals surface area contributed by atoms with Crippen LogP contribution in [0, 0.1) is 29.2 Å². The molecule has 0 spiro atoms. The monoisotopic (exact) mass is 537 g/mol. The van der Waals surface area contributed by atoms with Crippen LogP contribution in [0.15, 0.2) is 28.7 Å². The Bertz CT molecular complexity index is 1340. The Balaban J connectivity index is 1.41. The Labute approximate surface area is 213 Å². The number of rotatable bonds is 8. The number of carbonyl (C=O) groups is 2. The molecular weight excluding hydrogens is 514 g/mol. The molecule has 1 amide bonds. The second-order valence-electron chi connectivity index (χ2n) is 8.42. The topological polar surface area (TPSA) is 142 Å². The van der Waals surface area contributed by atoms with Gasteiger partial charge in [-0.2, -0.15) is 0 Å². The van der Waals surface area contributed by atoms with Crippen molar-refractivity contribution in [2.45, 2.75) is 38.7 Å². The second-order valence-corrected chi connectivity index (χ2v) is 8.42. The lowest BCUT2D eigenvalue weighted by Crippen LogP contribution is -2.29. The van der Waals surface area contributed by atoms with Gasteiger partial charge in [0.1, 0.15) is 11.5 Å². The first-order valence-electron chi connectivity index (χ1n) is 11.6. The van der Waals surface area contributed by atoms with Crippen LogP contribution in [0.5, 0.6) is 5.75 Å². The summed E-state index contributed by atoms with van der Waals surface area (Å²) >= 11 is 0. The highest BCUT2D eigenvalue weighted by molar-refractivity contribution is 6.03. The fourth-order valence-corrected chi connectivity index (χ4v) is 3.91. The molecule has 1 heterocycles. The summed E-state index contributed by atoms with van der Waals surface area (Å²) in [6.07, 6.45) is 1.72. The molecule has 0 atom stereocenters. The van der Waals surface area contributed by atoms with Gasteiger partial charge in [-0.1, -0.05) is 5.10 Å². The smallest absolute Gasteiger partial charge is 0.320 e. The third-order valence-corrected chi connectivity index (χ3v) is 5.84. The van der Waals surface area contributed by atoms with Crippen molar-refractivity contribution in [1.82, 2.24) is 10.2 Å². The standard InChI is InChI=1S/C24H23F4N5O5/c1-2-36-23(35)11-3-5-12(6-4-11)37-18-8-7-16(29)20(19(18)28)31-21(34)22-32-33-24(38-22)30-17-10-14(26)13(25)9-15(17)27/h7-12H,2-6,29H2,1H3,(H,30,33)(H,31,34)/t11-,12-. The molecule has 2 aromatic carbocycles. The van der Waals surface area contributed by atoms with Crippen molar-refractivity contribution in [3.05, 3.63) is 53.4 Å². The summed E-state index contributed by atoms with van der Waals surface area (Å²) in [5.74, 6) is -7.15. The average Bonchev–Trinajstić information content (AvgIpc) is 3.36. The molecule has 202 valence electrons. The Kier molecular flexibility index (Phi) is 7.98. The van der Waals surface area contributed by atoms with E-state index >= 15 is 4.39 Å². The number of anilines is 4. The van der Waals surface area contributed by atoms with Gasteiger partial charge in [-0.05, 0) is 44.7 Å². The number of nitrogens with two attached hydrogens (primary N) is 1. The molecule has 14 heteroatoms. The lowest BCUT2D eigenvalue weighted by Gasteiger charge is -2.28. The van der Waals surface area contributed by atoms with Gasteiger partial charge in [0.05, 0.1) is 30.0 Å². The third-order valence-electron chi connectivity index (χ3n) is 5.84. The highest BCUT2D eigenvalue weighted by Crippen LogP contribution is 2.34. The summed E-state index contributed by atoms with van der Waals surface area (Å²) in [6.45, 7) is 2.03. The number of esters is 1. The minimum Gasteiger partial charge on any atom is -0.487 e. The largest absolute Gasteiger partial charge is 0.487 e. The number of nitrogen functional groups attached to an aromatic ring is 1. The Hall–Kier alpha value is -4.36. The molecule has 1 fully saturated rings. The van der Waals surface area contributed by atoms with Crippen LogP contribution in [0.3, 0.4) is 0 Å².